The van der Waals surface area contributed by atoms with Crippen LogP contribution in [-0.2, 0) is 0 Å². The van der Waals surface area contributed by atoms with E-state index in [1.54, 1.807) is 0 Å². The molecule has 0 fully saturated rings. The first kappa shape index (κ1) is 34.0. The van der Waals surface area contributed by atoms with Crippen molar-refractivity contribution in [3.63, 3.8) is 0 Å². The van der Waals surface area contributed by atoms with Crippen molar-refractivity contribution in [3.05, 3.63) is 191 Å². The SMILES string of the molecule is Clc1ccc2c(c1)-c1nc-2nc2[nH]c(nc3nc(nc4[nH]c(n1)c(-c1ccccc1)c4-c1ccccc1)C(c1ccccc1)=C3c1ccccc1)c1ccc(Cl)cc21. The van der Waals surface area contributed by atoms with E-state index in [-0.39, 0.29) is 0 Å². The van der Waals surface area contributed by atoms with Crippen molar-refractivity contribution >= 4 is 67.7 Å². The summed E-state index contributed by atoms with van der Waals surface area (Å²) >= 11 is 13.3. The fraction of sp³-hybridized carbons (Fsp3) is 0. The highest BCUT2D eigenvalue weighted by molar-refractivity contribution is 6.32. The molecule has 0 radical (unpaired) electrons. The van der Waals surface area contributed by atoms with Crippen molar-refractivity contribution in [3.8, 4) is 45.0 Å². The molecule has 5 heterocycles. The Morgan fingerprint density at radius 2 is 0.741 bits per heavy atom. The molecule has 2 N–H and O–H groups in total. The number of H-pyrrole nitrogens is 2. The van der Waals surface area contributed by atoms with E-state index in [0.29, 0.717) is 55.9 Å². The first-order chi connectivity index (χ1) is 28.6. The highest BCUT2D eigenvalue weighted by atomic mass is 35.5. The summed E-state index contributed by atoms with van der Waals surface area (Å²) in [6, 6.07) is 52.2. The molecule has 9 aromatic rings. The average molecular weight is 788 g/mol. The van der Waals surface area contributed by atoms with Crippen LogP contribution in [0.4, 0.5) is 0 Å². The van der Waals surface area contributed by atoms with Crippen LogP contribution in [0.2, 0.25) is 10.0 Å². The monoisotopic (exact) mass is 786 g/mol. The minimum absolute atomic E-state index is 0.455. The van der Waals surface area contributed by atoms with Crippen molar-refractivity contribution in [2.45, 2.75) is 0 Å². The maximum Gasteiger partial charge on any atom is 0.165 e. The highest BCUT2D eigenvalue weighted by Gasteiger charge is 2.28. The molecule has 0 saturated heterocycles. The van der Waals surface area contributed by atoms with E-state index in [0.717, 1.165) is 66.4 Å². The number of rotatable bonds is 4. The molecule has 2 aliphatic rings. The average Bonchev–Trinajstić information content (AvgIpc) is 3.99. The Morgan fingerprint density at radius 3 is 1.33 bits per heavy atom. The van der Waals surface area contributed by atoms with E-state index in [2.05, 4.69) is 58.5 Å². The fourth-order valence-electron chi connectivity index (χ4n) is 7.82. The van der Waals surface area contributed by atoms with Crippen LogP contribution in [0, 0.1) is 0 Å². The molecule has 8 nitrogen and oxygen atoms in total. The van der Waals surface area contributed by atoms with Gasteiger partial charge in [-0.15, -0.1) is 0 Å². The Morgan fingerprint density at radius 1 is 0.328 bits per heavy atom. The zero-order chi connectivity index (χ0) is 38.7. The molecule has 0 aliphatic carbocycles. The number of hydrogen-bond acceptors (Lipinski definition) is 6. The second-order valence-electron chi connectivity index (χ2n) is 14.0. The maximum absolute atomic E-state index is 6.65. The van der Waals surface area contributed by atoms with Gasteiger partial charge in [0, 0.05) is 54.2 Å². The summed E-state index contributed by atoms with van der Waals surface area (Å²) in [5.41, 5.74) is 11.0. The molecular formula is C48H28Cl2N8. The van der Waals surface area contributed by atoms with E-state index in [1.807, 2.05) is 109 Å². The lowest BCUT2D eigenvalue weighted by molar-refractivity contribution is 1.12. The largest absolute Gasteiger partial charge is 0.324 e. The first-order valence-electron chi connectivity index (χ1n) is 18.7. The zero-order valence-corrected chi connectivity index (χ0v) is 32.0. The van der Waals surface area contributed by atoms with E-state index >= 15 is 0 Å². The van der Waals surface area contributed by atoms with Crippen molar-refractivity contribution in [2.24, 2.45) is 0 Å². The normalized spacial score (nSPS) is 12.2. The molecule has 0 unspecified atom stereocenters. The quantitative estimate of drug-likeness (QED) is 0.184. The minimum Gasteiger partial charge on any atom is -0.324 e. The van der Waals surface area contributed by atoms with Gasteiger partial charge in [0.2, 0.25) is 0 Å². The standard InChI is InChI=1S/C48H28Cl2N8/c49-31-22-24-34-35(25-31)43-51-41-33-23-21-32(50)26-36(33)44(52-41)55-46-38(28-15-7-2-8-16-28)40(30-19-11-4-12-20-30)48(57-46)58-47-39(29-17-9-3-10-18-29)37(27-13-5-1-6-14-27)45(56-47)54-42(34)53-43/h1-26H,(H2,51,52,53,54,55,56,57,58). The molecule has 2 aliphatic heterocycles. The van der Waals surface area contributed by atoms with Gasteiger partial charge < -0.3 is 9.97 Å². The third-order valence-corrected chi connectivity index (χ3v) is 10.9. The molecule has 10 heteroatoms. The number of halogens is 2. The number of aromatic amines is 2. The summed E-state index contributed by atoms with van der Waals surface area (Å²) < 4.78 is 0. The van der Waals surface area contributed by atoms with Crippen LogP contribution in [-0.4, -0.2) is 39.9 Å². The number of aromatic nitrogens is 8. The van der Waals surface area contributed by atoms with Crippen molar-refractivity contribution in [1.29, 1.82) is 0 Å². The van der Waals surface area contributed by atoms with Gasteiger partial charge in [0.1, 0.15) is 22.6 Å². The summed E-state index contributed by atoms with van der Waals surface area (Å²) in [7, 11) is 0. The van der Waals surface area contributed by atoms with E-state index in [4.69, 9.17) is 53.1 Å². The molecule has 3 aromatic heterocycles. The van der Waals surface area contributed by atoms with Gasteiger partial charge in [0.25, 0.3) is 0 Å². The van der Waals surface area contributed by atoms with Gasteiger partial charge >= 0.3 is 0 Å². The molecule has 0 spiro atoms. The molecule has 58 heavy (non-hydrogen) atoms. The van der Waals surface area contributed by atoms with Crippen LogP contribution in [0.15, 0.2) is 158 Å². The molecule has 0 saturated carbocycles. The fourth-order valence-corrected chi connectivity index (χ4v) is 8.16. The van der Waals surface area contributed by atoms with Crippen molar-refractivity contribution in [2.75, 3.05) is 0 Å². The van der Waals surface area contributed by atoms with Gasteiger partial charge in [-0.3, -0.25) is 0 Å². The lowest BCUT2D eigenvalue weighted by Gasteiger charge is -2.08. The molecule has 274 valence electrons. The highest BCUT2D eigenvalue weighted by Crippen LogP contribution is 2.42. The smallest absolute Gasteiger partial charge is 0.165 e. The van der Waals surface area contributed by atoms with E-state index < -0.39 is 0 Å². The summed E-state index contributed by atoms with van der Waals surface area (Å²) in [6.45, 7) is 0. The Labute approximate surface area is 341 Å². The van der Waals surface area contributed by atoms with Gasteiger partial charge in [-0.05, 0) is 58.7 Å². The number of benzene rings is 6. The topological polar surface area (TPSA) is 109 Å². The molecule has 8 bridgehead atoms. The van der Waals surface area contributed by atoms with Gasteiger partial charge in [-0.25, -0.2) is 29.9 Å². The van der Waals surface area contributed by atoms with Gasteiger partial charge in [-0.1, -0.05) is 145 Å². The molecule has 11 rings (SSSR count). The van der Waals surface area contributed by atoms with E-state index in [9.17, 15) is 0 Å². The lowest BCUT2D eigenvalue weighted by Crippen LogP contribution is -1.93. The maximum atomic E-state index is 6.65. The van der Waals surface area contributed by atoms with Gasteiger partial charge in [-0.2, -0.15) is 0 Å². The van der Waals surface area contributed by atoms with E-state index in [1.165, 1.54) is 0 Å². The van der Waals surface area contributed by atoms with Crippen LogP contribution in [0.1, 0.15) is 22.8 Å². The number of hydrogen-bond donors (Lipinski definition) is 2. The Balaban J connectivity index is 1.38. The Kier molecular flexibility index (Phi) is 8.06. The Hall–Kier alpha value is -7.26. The van der Waals surface area contributed by atoms with Crippen LogP contribution in [0.25, 0.3) is 89.5 Å². The number of fused-ring (bicyclic) bond motifs is 14. The second kappa shape index (κ2) is 13.7. The van der Waals surface area contributed by atoms with Gasteiger partial charge in [0.15, 0.2) is 23.3 Å². The third-order valence-electron chi connectivity index (χ3n) is 10.4. The zero-order valence-electron chi connectivity index (χ0n) is 30.5. The molecule has 0 amide bonds. The number of nitrogens with one attached hydrogen (secondary N) is 2. The number of nitrogens with zero attached hydrogens (tertiary/aromatic N) is 6. The predicted molar refractivity (Wildman–Crippen MR) is 233 cm³/mol. The summed E-state index contributed by atoms with van der Waals surface area (Å²) in [6.07, 6.45) is 0. The lowest BCUT2D eigenvalue weighted by atomic mass is 9.95. The van der Waals surface area contributed by atoms with Crippen molar-refractivity contribution in [1.82, 2.24) is 39.9 Å². The second-order valence-corrected chi connectivity index (χ2v) is 14.8. The van der Waals surface area contributed by atoms with Crippen molar-refractivity contribution < 1.29 is 0 Å². The molecule has 6 aromatic carbocycles. The first-order valence-corrected chi connectivity index (χ1v) is 19.4. The third kappa shape index (κ3) is 5.77. The van der Waals surface area contributed by atoms with Crippen LogP contribution >= 0.6 is 23.2 Å². The Bertz CT molecular complexity index is 3290. The minimum atomic E-state index is 0.455. The summed E-state index contributed by atoms with van der Waals surface area (Å²) in [5.74, 6) is 1.92. The van der Waals surface area contributed by atoms with Gasteiger partial charge in [0.05, 0.1) is 0 Å². The summed E-state index contributed by atoms with van der Waals surface area (Å²) in [4.78, 5) is 38.8. The summed E-state index contributed by atoms with van der Waals surface area (Å²) in [5, 5.41) is 2.73. The van der Waals surface area contributed by atoms with Crippen LogP contribution < -0.4 is 0 Å². The molecule has 0 atom stereocenters. The predicted octanol–water partition coefficient (Wildman–Crippen LogP) is 12.0. The molecular weight excluding hydrogens is 759 g/mol. The van der Waals surface area contributed by atoms with Crippen LogP contribution in [0.3, 0.4) is 0 Å². The van der Waals surface area contributed by atoms with Crippen LogP contribution in [0.5, 0.6) is 0 Å².